The fourth-order valence-corrected chi connectivity index (χ4v) is 2.68. The molecule has 1 atom stereocenters. The molecule has 0 aliphatic carbocycles. The fourth-order valence-electron chi connectivity index (χ4n) is 2.68. The molecule has 0 amide bonds. The molecular formula is C17H23NO. The molecule has 19 heavy (non-hydrogen) atoms. The van der Waals surface area contributed by atoms with Crippen LogP contribution >= 0.6 is 0 Å². The lowest BCUT2D eigenvalue weighted by Gasteiger charge is -2.19. The Morgan fingerprint density at radius 1 is 1.11 bits per heavy atom. The molecule has 1 heterocycles. The number of rotatable bonds is 4. The lowest BCUT2D eigenvalue weighted by atomic mass is 9.94. The second kappa shape index (κ2) is 5.62. The van der Waals surface area contributed by atoms with Crippen LogP contribution in [0.25, 0.3) is 0 Å². The van der Waals surface area contributed by atoms with E-state index in [1.54, 1.807) is 0 Å². The van der Waals surface area contributed by atoms with Gasteiger partial charge in [0.15, 0.2) is 0 Å². The van der Waals surface area contributed by atoms with Gasteiger partial charge in [-0.1, -0.05) is 36.8 Å². The summed E-state index contributed by atoms with van der Waals surface area (Å²) in [7, 11) is 0. The molecule has 1 N–H and O–H groups in total. The lowest BCUT2D eigenvalue weighted by molar-refractivity contribution is 0.494. The van der Waals surface area contributed by atoms with Crippen LogP contribution in [0.2, 0.25) is 0 Å². The SMILES string of the molecule is CCNC(c1cccc(C)c1)c1c(C)oc(C)c1C. The van der Waals surface area contributed by atoms with E-state index in [9.17, 15) is 0 Å². The van der Waals surface area contributed by atoms with Gasteiger partial charge in [-0.2, -0.15) is 0 Å². The lowest BCUT2D eigenvalue weighted by Crippen LogP contribution is -2.23. The van der Waals surface area contributed by atoms with Gasteiger partial charge in [-0.3, -0.25) is 0 Å². The van der Waals surface area contributed by atoms with Crippen molar-refractivity contribution in [3.8, 4) is 0 Å². The van der Waals surface area contributed by atoms with E-state index in [-0.39, 0.29) is 6.04 Å². The third kappa shape index (κ3) is 2.74. The Morgan fingerprint density at radius 2 is 1.84 bits per heavy atom. The minimum atomic E-state index is 0.211. The Labute approximate surface area is 115 Å². The van der Waals surface area contributed by atoms with E-state index >= 15 is 0 Å². The first kappa shape index (κ1) is 13.9. The molecule has 0 spiro atoms. The zero-order valence-corrected chi connectivity index (χ0v) is 12.5. The second-order valence-electron chi connectivity index (χ2n) is 5.16. The van der Waals surface area contributed by atoms with Crippen LogP contribution in [-0.4, -0.2) is 6.54 Å². The van der Waals surface area contributed by atoms with Gasteiger partial charge in [0.25, 0.3) is 0 Å². The molecule has 102 valence electrons. The van der Waals surface area contributed by atoms with Crippen molar-refractivity contribution in [3.63, 3.8) is 0 Å². The zero-order chi connectivity index (χ0) is 14.0. The van der Waals surface area contributed by atoms with Crippen molar-refractivity contribution >= 4 is 0 Å². The van der Waals surface area contributed by atoms with Crippen molar-refractivity contribution < 1.29 is 4.42 Å². The molecule has 0 fully saturated rings. The molecule has 0 bridgehead atoms. The molecule has 0 saturated carbocycles. The van der Waals surface area contributed by atoms with Crippen LogP contribution in [0.3, 0.4) is 0 Å². The van der Waals surface area contributed by atoms with E-state index in [1.807, 2.05) is 6.92 Å². The minimum absolute atomic E-state index is 0.211. The van der Waals surface area contributed by atoms with E-state index < -0.39 is 0 Å². The molecule has 0 aliphatic rings. The first-order valence-electron chi connectivity index (χ1n) is 6.91. The van der Waals surface area contributed by atoms with Crippen molar-refractivity contribution in [1.82, 2.24) is 5.32 Å². The van der Waals surface area contributed by atoms with Gasteiger partial charge in [0.1, 0.15) is 11.5 Å². The van der Waals surface area contributed by atoms with E-state index in [4.69, 9.17) is 4.42 Å². The van der Waals surface area contributed by atoms with Gasteiger partial charge < -0.3 is 9.73 Å². The first-order valence-corrected chi connectivity index (χ1v) is 6.91. The standard InChI is InChI=1S/C17H23NO/c1-6-18-17(15-9-7-8-11(2)10-15)16-12(3)13(4)19-14(16)5/h7-10,17-18H,6H2,1-5H3. The van der Waals surface area contributed by atoms with Crippen LogP contribution in [0, 0.1) is 27.7 Å². The third-order valence-corrected chi connectivity index (χ3v) is 3.69. The Balaban J connectivity index is 2.51. The van der Waals surface area contributed by atoms with Crippen molar-refractivity contribution in [2.24, 2.45) is 0 Å². The van der Waals surface area contributed by atoms with Gasteiger partial charge in [0.05, 0.1) is 6.04 Å². The van der Waals surface area contributed by atoms with E-state index in [1.165, 1.54) is 22.3 Å². The van der Waals surface area contributed by atoms with Crippen LogP contribution in [0.4, 0.5) is 0 Å². The summed E-state index contributed by atoms with van der Waals surface area (Å²) in [6.07, 6.45) is 0. The molecule has 1 unspecified atom stereocenters. The Bertz CT molecular complexity index is 569. The third-order valence-electron chi connectivity index (χ3n) is 3.69. The topological polar surface area (TPSA) is 25.2 Å². The van der Waals surface area contributed by atoms with Crippen LogP contribution < -0.4 is 5.32 Å². The van der Waals surface area contributed by atoms with Crippen molar-refractivity contribution in [2.75, 3.05) is 6.54 Å². The maximum absolute atomic E-state index is 5.78. The monoisotopic (exact) mass is 257 g/mol. The van der Waals surface area contributed by atoms with E-state index in [0.29, 0.717) is 0 Å². The van der Waals surface area contributed by atoms with Crippen molar-refractivity contribution in [1.29, 1.82) is 0 Å². The number of hydrogen-bond donors (Lipinski definition) is 1. The molecule has 2 nitrogen and oxygen atoms in total. The molecule has 1 aromatic carbocycles. The predicted molar refractivity (Wildman–Crippen MR) is 79.6 cm³/mol. The quantitative estimate of drug-likeness (QED) is 0.887. The number of benzene rings is 1. The highest BCUT2D eigenvalue weighted by Gasteiger charge is 2.21. The van der Waals surface area contributed by atoms with Crippen LogP contribution in [0.15, 0.2) is 28.7 Å². The summed E-state index contributed by atoms with van der Waals surface area (Å²) >= 11 is 0. The second-order valence-corrected chi connectivity index (χ2v) is 5.16. The molecule has 1 aromatic heterocycles. The van der Waals surface area contributed by atoms with Crippen molar-refractivity contribution in [2.45, 2.75) is 40.7 Å². The number of aryl methyl sites for hydroxylation is 3. The maximum Gasteiger partial charge on any atom is 0.106 e. The van der Waals surface area contributed by atoms with Crippen LogP contribution in [0.1, 0.15) is 46.7 Å². The summed E-state index contributed by atoms with van der Waals surface area (Å²) in [5.41, 5.74) is 5.12. The number of hydrogen-bond acceptors (Lipinski definition) is 2. The highest BCUT2D eigenvalue weighted by Crippen LogP contribution is 2.31. The van der Waals surface area contributed by atoms with Gasteiger partial charge in [0.2, 0.25) is 0 Å². The molecule has 2 aromatic rings. The molecule has 0 saturated heterocycles. The summed E-state index contributed by atoms with van der Waals surface area (Å²) in [5, 5.41) is 3.58. The summed E-state index contributed by atoms with van der Waals surface area (Å²) in [4.78, 5) is 0. The van der Waals surface area contributed by atoms with Gasteiger partial charge in [-0.15, -0.1) is 0 Å². The summed E-state index contributed by atoms with van der Waals surface area (Å²) in [6, 6.07) is 8.89. The maximum atomic E-state index is 5.78. The number of nitrogens with one attached hydrogen (secondary N) is 1. The molecular weight excluding hydrogens is 234 g/mol. The van der Waals surface area contributed by atoms with E-state index in [0.717, 1.165) is 18.1 Å². The largest absolute Gasteiger partial charge is 0.466 e. The van der Waals surface area contributed by atoms with Gasteiger partial charge in [-0.25, -0.2) is 0 Å². The fraction of sp³-hybridized carbons (Fsp3) is 0.412. The number of furan rings is 1. The Kier molecular flexibility index (Phi) is 4.11. The van der Waals surface area contributed by atoms with Gasteiger partial charge >= 0.3 is 0 Å². The average Bonchev–Trinajstić information content (AvgIpc) is 2.61. The summed E-state index contributed by atoms with van der Waals surface area (Å²) < 4.78 is 5.78. The minimum Gasteiger partial charge on any atom is -0.466 e. The molecule has 0 radical (unpaired) electrons. The summed E-state index contributed by atoms with van der Waals surface area (Å²) in [5.74, 6) is 2.03. The molecule has 0 aliphatic heterocycles. The van der Waals surface area contributed by atoms with Crippen molar-refractivity contribution in [3.05, 3.63) is 58.0 Å². The van der Waals surface area contributed by atoms with Gasteiger partial charge in [0, 0.05) is 5.56 Å². The smallest absolute Gasteiger partial charge is 0.106 e. The Hall–Kier alpha value is -1.54. The highest BCUT2D eigenvalue weighted by atomic mass is 16.3. The average molecular weight is 257 g/mol. The van der Waals surface area contributed by atoms with Crippen LogP contribution in [0.5, 0.6) is 0 Å². The Morgan fingerprint density at radius 3 is 2.37 bits per heavy atom. The first-order chi connectivity index (χ1) is 9.04. The molecule has 2 heteroatoms. The van der Waals surface area contributed by atoms with Crippen LogP contribution in [-0.2, 0) is 0 Å². The van der Waals surface area contributed by atoms with Gasteiger partial charge in [-0.05, 0) is 45.4 Å². The summed E-state index contributed by atoms with van der Waals surface area (Å²) in [6.45, 7) is 11.4. The normalized spacial score (nSPS) is 12.7. The zero-order valence-electron chi connectivity index (χ0n) is 12.5. The molecule has 2 rings (SSSR count). The predicted octanol–water partition coefficient (Wildman–Crippen LogP) is 4.21. The highest BCUT2D eigenvalue weighted by molar-refractivity contribution is 5.41. The van der Waals surface area contributed by atoms with E-state index in [2.05, 4.69) is 57.3 Å².